The summed E-state index contributed by atoms with van der Waals surface area (Å²) in [6.07, 6.45) is 6.97. The Balaban J connectivity index is 0.000000681. The van der Waals surface area contributed by atoms with E-state index in [-0.39, 0.29) is 16.5 Å². The fourth-order valence-electron chi connectivity index (χ4n) is 5.15. The first-order valence-electron chi connectivity index (χ1n) is 13.2. The fourth-order valence-corrected chi connectivity index (χ4v) is 6.64. The van der Waals surface area contributed by atoms with E-state index in [1.165, 1.54) is 23.9 Å². The molecule has 1 saturated carbocycles. The van der Waals surface area contributed by atoms with Gasteiger partial charge >= 0.3 is 0 Å². The number of sulfonamides is 1. The van der Waals surface area contributed by atoms with Gasteiger partial charge in [-0.2, -0.15) is 17.8 Å². The number of ether oxygens (including phenoxy) is 1. The maximum absolute atomic E-state index is 13.2. The van der Waals surface area contributed by atoms with Crippen molar-refractivity contribution in [3.63, 3.8) is 0 Å². The molecule has 3 N–H and O–H groups in total. The second-order valence-corrected chi connectivity index (χ2v) is 13.4. The van der Waals surface area contributed by atoms with Crippen LogP contribution >= 0.6 is 0 Å². The molecule has 0 spiro atoms. The van der Waals surface area contributed by atoms with Crippen molar-refractivity contribution in [1.29, 1.82) is 0 Å². The Morgan fingerprint density at radius 1 is 1.05 bits per heavy atom. The van der Waals surface area contributed by atoms with Gasteiger partial charge in [0.25, 0.3) is 15.7 Å². The molecule has 0 amide bonds. The maximum Gasteiger partial charge on any atom is 0.277 e. The van der Waals surface area contributed by atoms with Gasteiger partial charge in [-0.3, -0.25) is 14.0 Å². The Kier molecular flexibility index (Phi) is 9.29. The highest BCUT2D eigenvalue weighted by atomic mass is 32.2. The quantitative estimate of drug-likeness (QED) is 0.370. The second-order valence-electron chi connectivity index (χ2n) is 10.0. The first-order valence-corrected chi connectivity index (χ1v) is 16.5. The van der Waals surface area contributed by atoms with Crippen LogP contribution in [0.4, 0.5) is 0 Å². The number of nitrogens with zero attached hydrogens (tertiary/aromatic N) is 4. The van der Waals surface area contributed by atoms with Gasteiger partial charge < -0.3 is 15.0 Å². The summed E-state index contributed by atoms with van der Waals surface area (Å²) >= 11 is 0. The molecule has 0 radical (unpaired) electrons. The minimum atomic E-state index is -3.67. The number of methoxy groups -OCH3 is 1. The molecular formula is C25H36N6O7S2. The Hall–Kier alpha value is -2.85. The van der Waals surface area contributed by atoms with E-state index in [0.717, 1.165) is 38.6 Å². The van der Waals surface area contributed by atoms with Crippen LogP contribution in [-0.2, 0) is 20.1 Å². The molecule has 1 aliphatic heterocycles. The SMILES string of the molecule is COc1cc(S(=O)(=O)N2CCCNCC2)ccc1-c1nc2c(C)nn(C3CCCCC3)c2c(=O)[nH]1.CS(=O)(=O)O. The largest absolute Gasteiger partial charge is 0.496 e. The van der Waals surface area contributed by atoms with E-state index in [2.05, 4.69) is 15.4 Å². The van der Waals surface area contributed by atoms with Gasteiger partial charge in [-0.25, -0.2) is 13.4 Å². The van der Waals surface area contributed by atoms with Gasteiger partial charge in [0.15, 0.2) is 5.52 Å². The molecule has 2 aromatic heterocycles. The monoisotopic (exact) mass is 596 g/mol. The van der Waals surface area contributed by atoms with Crippen LogP contribution in [0.25, 0.3) is 22.4 Å². The number of hydrogen-bond donors (Lipinski definition) is 3. The molecule has 0 unspecified atom stereocenters. The molecule has 1 aliphatic carbocycles. The van der Waals surface area contributed by atoms with Crippen molar-refractivity contribution in [1.82, 2.24) is 29.4 Å². The summed E-state index contributed by atoms with van der Waals surface area (Å²) in [6.45, 7) is 4.16. The molecular weight excluding hydrogens is 560 g/mol. The van der Waals surface area contributed by atoms with E-state index >= 15 is 0 Å². The van der Waals surface area contributed by atoms with Crippen LogP contribution in [0.15, 0.2) is 27.9 Å². The molecule has 13 nitrogen and oxygen atoms in total. The smallest absolute Gasteiger partial charge is 0.277 e. The zero-order valence-corrected chi connectivity index (χ0v) is 24.5. The average molecular weight is 597 g/mol. The Bertz CT molecular complexity index is 1610. The molecule has 2 aliphatic rings. The number of aryl methyl sites for hydroxylation is 1. The minimum absolute atomic E-state index is 0.157. The van der Waals surface area contributed by atoms with E-state index < -0.39 is 20.1 Å². The van der Waals surface area contributed by atoms with Gasteiger partial charge in [-0.05, 0) is 44.9 Å². The van der Waals surface area contributed by atoms with Crippen LogP contribution in [0.2, 0.25) is 0 Å². The fraction of sp³-hybridized carbons (Fsp3) is 0.560. The van der Waals surface area contributed by atoms with Crippen LogP contribution in [-0.4, -0.2) is 85.0 Å². The van der Waals surface area contributed by atoms with Crippen molar-refractivity contribution in [3.8, 4) is 17.1 Å². The third kappa shape index (κ3) is 6.89. The minimum Gasteiger partial charge on any atom is -0.496 e. The topological polar surface area (TPSA) is 177 Å². The first kappa shape index (κ1) is 30.1. The van der Waals surface area contributed by atoms with Gasteiger partial charge in [-0.1, -0.05) is 19.3 Å². The molecule has 40 heavy (non-hydrogen) atoms. The van der Waals surface area contributed by atoms with E-state index in [4.69, 9.17) is 14.3 Å². The molecule has 5 rings (SSSR count). The molecule has 3 aromatic rings. The third-order valence-electron chi connectivity index (χ3n) is 7.01. The van der Waals surface area contributed by atoms with E-state index in [1.807, 2.05) is 11.6 Å². The zero-order valence-electron chi connectivity index (χ0n) is 22.9. The average Bonchev–Trinajstić information content (AvgIpc) is 3.07. The van der Waals surface area contributed by atoms with Gasteiger partial charge in [0.1, 0.15) is 17.1 Å². The number of hydrogen-bond acceptors (Lipinski definition) is 9. The van der Waals surface area contributed by atoms with Crippen LogP contribution < -0.4 is 15.6 Å². The predicted molar refractivity (Wildman–Crippen MR) is 151 cm³/mol. The summed E-state index contributed by atoms with van der Waals surface area (Å²) in [7, 11) is -5.85. The number of nitrogens with one attached hydrogen (secondary N) is 2. The normalized spacial score (nSPS) is 17.7. The lowest BCUT2D eigenvalue weighted by molar-refractivity contribution is 0.336. The van der Waals surface area contributed by atoms with Gasteiger partial charge in [0, 0.05) is 25.7 Å². The number of aromatic amines is 1. The highest BCUT2D eigenvalue weighted by Crippen LogP contribution is 2.33. The predicted octanol–water partition coefficient (Wildman–Crippen LogP) is 2.10. The van der Waals surface area contributed by atoms with Crippen LogP contribution in [0.1, 0.15) is 50.3 Å². The molecule has 1 aromatic carbocycles. The molecule has 3 heterocycles. The third-order valence-corrected chi connectivity index (χ3v) is 8.90. The molecule has 1 saturated heterocycles. The van der Waals surface area contributed by atoms with Crippen LogP contribution in [0.5, 0.6) is 5.75 Å². The lowest BCUT2D eigenvalue weighted by atomic mass is 9.95. The lowest BCUT2D eigenvalue weighted by Gasteiger charge is -2.22. The summed E-state index contributed by atoms with van der Waals surface area (Å²) < 4.78 is 61.2. The summed E-state index contributed by atoms with van der Waals surface area (Å²) in [5.74, 6) is 0.660. The zero-order chi connectivity index (χ0) is 29.1. The highest BCUT2D eigenvalue weighted by molar-refractivity contribution is 7.89. The van der Waals surface area contributed by atoms with E-state index in [1.54, 1.807) is 12.1 Å². The Labute approximate surface area is 233 Å². The van der Waals surface area contributed by atoms with Crippen LogP contribution in [0, 0.1) is 6.92 Å². The number of H-pyrrole nitrogens is 1. The summed E-state index contributed by atoms with van der Waals surface area (Å²) in [4.78, 5) is 21.0. The highest BCUT2D eigenvalue weighted by Gasteiger charge is 2.27. The van der Waals surface area contributed by atoms with Crippen molar-refractivity contribution in [2.75, 3.05) is 39.5 Å². The van der Waals surface area contributed by atoms with Gasteiger partial charge in [-0.15, -0.1) is 0 Å². The summed E-state index contributed by atoms with van der Waals surface area (Å²) in [5.41, 5.74) is 2.02. The standard InChI is InChI=1S/C24H32N6O4S.CH4O3S/c1-16-21-22(30(28-16)17-7-4-3-5-8-17)24(31)27-23(26-21)19-10-9-18(15-20(19)34-2)35(32,33)29-13-6-11-25-12-14-29;1-5(2,3)4/h9-10,15,17,25H,3-8,11-14H2,1-2H3,(H,26,27,31);1H3,(H,2,3,4). The first-order chi connectivity index (χ1) is 18.9. The van der Waals surface area contributed by atoms with Crippen molar-refractivity contribution in [3.05, 3.63) is 34.2 Å². The Morgan fingerprint density at radius 3 is 2.42 bits per heavy atom. The number of aromatic nitrogens is 4. The van der Waals surface area contributed by atoms with Crippen molar-refractivity contribution in [2.45, 2.75) is 56.4 Å². The second kappa shape index (κ2) is 12.3. The van der Waals surface area contributed by atoms with Crippen molar-refractivity contribution in [2.24, 2.45) is 0 Å². The van der Waals surface area contributed by atoms with Gasteiger partial charge in [0.05, 0.1) is 35.6 Å². The van der Waals surface area contributed by atoms with Crippen molar-refractivity contribution < 1.29 is 26.1 Å². The summed E-state index contributed by atoms with van der Waals surface area (Å²) in [5, 5.41) is 7.89. The number of fused-ring (bicyclic) bond motifs is 1. The summed E-state index contributed by atoms with van der Waals surface area (Å²) in [6, 6.07) is 4.91. The lowest BCUT2D eigenvalue weighted by Crippen LogP contribution is -2.34. The molecule has 15 heteroatoms. The Morgan fingerprint density at radius 2 is 1.75 bits per heavy atom. The van der Waals surface area contributed by atoms with E-state index in [0.29, 0.717) is 59.8 Å². The molecule has 2 fully saturated rings. The van der Waals surface area contributed by atoms with Crippen LogP contribution in [0.3, 0.4) is 0 Å². The number of benzene rings is 1. The molecule has 0 bridgehead atoms. The maximum atomic E-state index is 13.2. The van der Waals surface area contributed by atoms with E-state index in [9.17, 15) is 21.6 Å². The molecule has 220 valence electrons. The van der Waals surface area contributed by atoms with Crippen molar-refractivity contribution >= 4 is 31.2 Å². The van der Waals surface area contributed by atoms with Gasteiger partial charge in [0.2, 0.25) is 10.0 Å². The number of rotatable bonds is 5. The molecule has 0 atom stereocenters.